The highest BCUT2D eigenvalue weighted by Gasteiger charge is 2.26. The SMILES string of the molecule is CC.CC(=O)C(C)C(C(C)=O)c1ccccc1. The van der Waals surface area contributed by atoms with E-state index in [9.17, 15) is 9.59 Å². The molecule has 2 heteroatoms. The zero-order valence-electron chi connectivity index (χ0n) is 11.4. The third-order valence-corrected chi connectivity index (χ3v) is 2.74. The minimum absolute atomic E-state index is 0.0453. The lowest BCUT2D eigenvalue weighted by Crippen LogP contribution is -2.22. The Labute approximate surface area is 104 Å². The summed E-state index contributed by atoms with van der Waals surface area (Å²) in [6.07, 6.45) is 0. The van der Waals surface area contributed by atoms with Crippen molar-refractivity contribution >= 4 is 11.6 Å². The summed E-state index contributed by atoms with van der Waals surface area (Å²) in [6, 6.07) is 9.46. The van der Waals surface area contributed by atoms with E-state index in [4.69, 9.17) is 0 Å². The van der Waals surface area contributed by atoms with Gasteiger partial charge in [0, 0.05) is 5.92 Å². The van der Waals surface area contributed by atoms with E-state index >= 15 is 0 Å². The lowest BCUT2D eigenvalue weighted by atomic mass is 9.82. The number of hydrogen-bond donors (Lipinski definition) is 0. The first-order valence-corrected chi connectivity index (χ1v) is 6.10. The molecule has 0 aromatic heterocycles. The zero-order chi connectivity index (χ0) is 13.4. The molecule has 0 aliphatic carbocycles. The number of carbonyl (C=O) groups excluding carboxylic acids is 2. The van der Waals surface area contributed by atoms with Gasteiger partial charge in [0.05, 0.1) is 5.92 Å². The van der Waals surface area contributed by atoms with Crippen LogP contribution in [0.1, 0.15) is 46.1 Å². The number of hydrogen-bond acceptors (Lipinski definition) is 2. The molecule has 0 radical (unpaired) electrons. The monoisotopic (exact) mass is 234 g/mol. The maximum atomic E-state index is 11.5. The Kier molecular flexibility index (Phi) is 7.11. The van der Waals surface area contributed by atoms with Gasteiger partial charge in [-0.25, -0.2) is 0 Å². The molecule has 1 aromatic rings. The topological polar surface area (TPSA) is 34.1 Å². The summed E-state index contributed by atoms with van der Waals surface area (Å²) in [5, 5.41) is 0. The molecule has 0 bridgehead atoms. The summed E-state index contributed by atoms with van der Waals surface area (Å²) in [4.78, 5) is 22.8. The summed E-state index contributed by atoms with van der Waals surface area (Å²) < 4.78 is 0. The van der Waals surface area contributed by atoms with Gasteiger partial charge in [0.15, 0.2) is 0 Å². The van der Waals surface area contributed by atoms with Crippen molar-refractivity contribution in [1.82, 2.24) is 0 Å². The van der Waals surface area contributed by atoms with Crippen molar-refractivity contribution in [3.05, 3.63) is 35.9 Å². The standard InChI is InChI=1S/C13H16O2.C2H6/c1-9(10(2)14)13(11(3)15)12-7-5-4-6-8-12;1-2/h4-9,13H,1-3H3;1-2H3. The van der Waals surface area contributed by atoms with Gasteiger partial charge in [-0.2, -0.15) is 0 Å². The molecule has 1 rings (SSSR count). The van der Waals surface area contributed by atoms with Crippen molar-refractivity contribution in [3.63, 3.8) is 0 Å². The van der Waals surface area contributed by atoms with Gasteiger partial charge in [-0.3, -0.25) is 9.59 Å². The van der Waals surface area contributed by atoms with E-state index in [2.05, 4.69) is 0 Å². The molecular weight excluding hydrogens is 212 g/mol. The fourth-order valence-corrected chi connectivity index (χ4v) is 1.77. The van der Waals surface area contributed by atoms with Crippen molar-refractivity contribution in [2.75, 3.05) is 0 Å². The molecule has 0 fully saturated rings. The normalized spacial score (nSPS) is 13.0. The van der Waals surface area contributed by atoms with Gasteiger partial charge in [0.1, 0.15) is 11.6 Å². The number of carbonyl (C=O) groups is 2. The second-order valence-electron chi connectivity index (χ2n) is 3.90. The van der Waals surface area contributed by atoms with Crippen molar-refractivity contribution in [2.24, 2.45) is 5.92 Å². The molecule has 0 N–H and O–H groups in total. The number of ketones is 2. The molecule has 2 atom stereocenters. The first-order chi connectivity index (χ1) is 8.04. The Hall–Kier alpha value is -1.44. The Bertz CT molecular complexity index is 354. The third kappa shape index (κ3) is 4.51. The van der Waals surface area contributed by atoms with Crippen molar-refractivity contribution in [2.45, 2.75) is 40.5 Å². The quantitative estimate of drug-likeness (QED) is 0.797. The van der Waals surface area contributed by atoms with E-state index in [1.165, 1.54) is 13.8 Å². The lowest BCUT2D eigenvalue weighted by Gasteiger charge is -2.19. The molecule has 17 heavy (non-hydrogen) atoms. The third-order valence-electron chi connectivity index (χ3n) is 2.74. The van der Waals surface area contributed by atoms with Crippen molar-refractivity contribution < 1.29 is 9.59 Å². The van der Waals surface area contributed by atoms with E-state index in [-0.39, 0.29) is 23.4 Å². The number of Topliss-reactive ketones (excluding diaryl/α,β-unsaturated/α-hetero) is 2. The van der Waals surface area contributed by atoms with Crippen LogP contribution in [0, 0.1) is 5.92 Å². The molecular formula is C15H22O2. The average Bonchev–Trinajstić information content (AvgIpc) is 2.32. The largest absolute Gasteiger partial charge is 0.300 e. The predicted molar refractivity (Wildman–Crippen MR) is 71.1 cm³/mol. The van der Waals surface area contributed by atoms with Crippen LogP contribution < -0.4 is 0 Å². The van der Waals surface area contributed by atoms with Gasteiger partial charge in [0.2, 0.25) is 0 Å². The van der Waals surface area contributed by atoms with Crippen LogP contribution in [0.3, 0.4) is 0 Å². The second kappa shape index (κ2) is 7.77. The predicted octanol–water partition coefficient (Wildman–Crippen LogP) is 3.61. The fourth-order valence-electron chi connectivity index (χ4n) is 1.77. The van der Waals surface area contributed by atoms with Crippen molar-refractivity contribution in [3.8, 4) is 0 Å². The van der Waals surface area contributed by atoms with Gasteiger partial charge in [-0.15, -0.1) is 0 Å². The van der Waals surface area contributed by atoms with Crippen LogP contribution >= 0.6 is 0 Å². The first-order valence-electron chi connectivity index (χ1n) is 6.10. The maximum Gasteiger partial charge on any atom is 0.137 e. The minimum Gasteiger partial charge on any atom is -0.300 e. The van der Waals surface area contributed by atoms with Crippen LogP contribution in [0.25, 0.3) is 0 Å². The Morgan fingerprint density at radius 2 is 1.41 bits per heavy atom. The highest BCUT2D eigenvalue weighted by atomic mass is 16.1. The molecule has 0 saturated heterocycles. The summed E-state index contributed by atoms with van der Waals surface area (Å²) in [6.45, 7) is 8.88. The van der Waals surface area contributed by atoms with E-state index in [0.29, 0.717) is 0 Å². The summed E-state index contributed by atoms with van der Waals surface area (Å²) in [5.41, 5.74) is 0.924. The molecule has 0 amide bonds. The van der Waals surface area contributed by atoms with Crippen LogP contribution in [0.4, 0.5) is 0 Å². The van der Waals surface area contributed by atoms with Crippen LogP contribution in [-0.2, 0) is 9.59 Å². The van der Waals surface area contributed by atoms with E-state index in [1.807, 2.05) is 44.2 Å². The molecule has 0 spiro atoms. The molecule has 0 heterocycles. The van der Waals surface area contributed by atoms with E-state index in [1.54, 1.807) is 6.92 Å². The van der Waals surface area contributed by atoms with Crippen LogP contribution in [0.15, 0.2) is 30.3 Å². The Balaban J connectivity index is 0.00000121. The Morgan fingerprint density at radius 1 is 0.941 bits per heavy atom. The molecule has 0 aliphatic rings. The van der Waals surface area contributed by atoms with Crippen LogP contribution in [-0.4, -0.2) is 11.6 Å². The second-order valence-corrected chi connectivity index (χ2v) is 3.90. The fraction of sp³-hybridized carbons (Fsp3) is 0.467. The molecule has 0 aliphatic heterocycles. The van der Waals surface area contributed by atoms with Crippen LogP contribution in [0.2, 0.25) is 0 Å². The number of benzene rings is 1. The average molecular weight is 234 g/mol. The minimum atomic E-state index is -0.302. The highest BCUT2D eigenvalue weighted by molar-refractivity contribution is 5.91. The highest BCUT2D eigenvalue weighted by Crippen LogP contribution is 2.26. The van der Waals surface area contributed by atoms with Gasteiger partial charge in [-0.05, 0) is 19.4 Å². The number of rotatable bonds is 4. The summed E-state index contributed by atoms with van der Waals surface area (Å²) in [7, 11) is 0. The smallest absolute Gasteiger partial charge is 0.137 e. The molecule has 2 nitrogen and oxygen atoms in total. The van der Waals surface area contributed by atoms with E-state index < -0.39 is 0 Å². The lowest BCUT2D eigenvalue weighted by molar-refractivity contribution is -0.126. The maximum absolute atomic E-state index is 11.5. The Morgan fingerprint density at radius 3 is 1.76 bits per heavy atom. The van der Waals surface area contributed by atoms with Gasteiger partial charge < -0.3 is 0 Å². The van der Waals surface area contributed by atoms with E-state index in [0.717, 1.165) is 5.56 Å². The van der Waals surface area contributed by atoms with Gasteiger partial charge in [0.25, 0.3) is 0 Å². The molecule has 0 saturated carbocycles. The zero-order valence-corrected chi connectivity index (χ0v) is 11.4. The summed E-state index contributed by atoms with van der Waals surface area (Å²) in [5.74, 6) is -0.448. The summed E-state index contributed by atoms with van der Waals surface area (Å²) >= 11 is 0. The molecule has 2 unspecified atom stereocenters. The van der Waals surface area contributed by atoms with Crippen LogP contribution in [0.5, 0.6) is 0 Å². The van der Waals surface area contributed by atoms with Gasteiger partial charge >= 0.3 is 0 Å². The van der Waals surface area contributed by atoms with Gasteiger partial charge in [-0.1, -0.05) is 51.1 Å². The molecule has 1 aromatic carbocycles. The molecule has 94 valence electrons. The first kappa shape index (κ1) is 15.6. The van der Waals surface area contributed by atoms with Crippen molar-refractivity contribution in [1.29, 1.82) is 0 Å².